The molecule has 0 unspecified atom stereocenters. The molecule has 144 valence electrons. The number of nitrogens with two attached hydrogens (primary N) is 1. The number of hydrogen-bond acceptors (Lipinski definition) is 5. The maximum atomic E-state index is 14.0. The molecule has 0 bridgehead atoms. The van der Waals surface area contributed by atoms with E-state index in [0.29, 0.717) is 16.8 Å². The highest BCUT2D eigenvalue weighted by molar-refractivity contribution is 5.92. The predicted octanol–water partition coefficient (Wildman–Crippen LogP) is 2.86. The van der Waals surface area contributed by atoms with E-state index >= 15 is 0 Å². The number of rotatable bonds is 4. The van der Waals surface area contributed by atoms with Crippen LogP contribution in [0.4, 0.5) is 13.2 Å². The molecule has 0 fully saturated rings. The summed E-state index contributed by atoms with van der Waals surface area (Å²) in [6, 6.07) is 5.62. The first-order chi connectivity index (χ1) is 13.2. The van der Waals surface area contributed by atoms with Gasteiger partial charge in [-0.05, 0) is 36.8 Å². The average molecular weight is 390 g/mol. The summed E-state index contributed by atoms with van der Waals surface area (Å²) in [5.74, 6) is -1.59. The molecule has 3 aromatic rings. The zero-order valence-corrected chi connectivity index (χ0v) is 14.4. The van der Waals surface area contributed by atoms with Crippen molar-refractivity contribution < 1.29 is 27.4 Å². The Morgan fingerprint density at radius 1 is 1.25 bits per heavy atom. The number of carbonyl (C=O) groups is 1. The lowest BCUT2D eigenvalue weighted by Crippen LogP contribution is -2.25. The molecule has 0 saturated heterocycles. The van der Waals surface area contributed by atoms with E-state index in [4.69, 9.17) is 5.73 Å². The van der Waals surface area contributed by atoms with Crippen molar-refractivity contribution in [2.45, 2.75) is 19.8 Å². The zero-order chi connectivity index (χ0) is 20.1. The van der Waals surface area contributed by atoms with Crippen molar-refractivity contribution in [1.29, 1.82) is 0 Å². The number of halogens is 3. The SMILES string of the molecule is Cc1cc2c(cc1-c1cc(C(N)=O)nn1Cc1ccncc1F)OC(F)(F)O2. The van der Waals surface area contributed by atoms with Gasteiger partial charge in [-0.1, -0.05) is 0 Å². The number of primary amides is 1. The van der Waals surface area contributed by atoms with E-state index in [2.05, 4.69) is 19.6 Å². The van der Waals surface area contributed by atoms with Gasteiger partial charge in [0.05, 0.1) is 18.4 Å². The van der Waals surface area contributed by atoms with Gasteiger partial charge in [0.2, 0.25) is 0 Å². The van der Waals surface area contributed by atoms with Gasteiger partial charge < -0.3 is 15.2 Å². The lowest BCUT2D eigenvalue weighted by atomic mass is 10.0. The van der Waals surface area contributed by atoms with Crippen molar-refractivity contribution in [2.24, 2.45) is 5.73 Å². The summed E-state index contributed by atoms with van der Waals surface area (Å²) in [4.78, 5) is 15.3. The number of alkyl halides is 2. The van der Waals surface area contributed by atoms with E-state index in [0.717, 1.165) is 6.20 Å². The normalized spacial score (nSPS) is 14.3. The standard InChI is InChI=1S/C18H13F3N4O3/c1-9-4-15-16(28-18(20,21)27-15)5-11(9)14-6-13(17(22)26)24-25(14)8-10-2-3-23-7-12(10)19/h2-7H,8H2,1H3,(H2,22,26). The minimum absolute atomic E-state index is 0.0268. The molecule has 1 aliphatic heterocycles. The van der Waals surface area contributed by atoms with Crippen LogP contribution in [0.2, 0.25) is 0 Å². The second-order valence-electron chi connectivity index (χ2n) is 6.19. The highest BCUT2D eigenvalue weighted by atomic mass is 19.3. The van der Waals surface area contributed by atoms with E-state index in [1.165, 1.54) is 35.1 Å². The Kier molecular flexibility index (Phi) is 3.98. The van der Waals surface area contributed by atoms with Crippen LogP contribution in [-0.2, 0) is 6.54 Å². The quantitative estimate of drug-likeness (QED) is 0.740. The largest absolute Gasteiger partial charge is 0.586 e. The fourth-order valence-electron chi connectivity index (χ4n) is 2.94. The van der Waals surface area contributed by atoms with Crippen molar-refractivity contribution in [3.63, 3.8) is 0 Å². The Hall–Kier alpha value is -3.56. The lowest BCUT2D eigenvalue weighted by Gasteiger charge is -2.11. The predicted molar refractivity (Wildman–Crippen MR) is 90.4 cm³/mol. The van der Waals surface area contributed by atoms with Gasteiger partial charge in [-0.2, -0.15) is 5.10 Å². The summed E-state index contributed by atoms with van der Waals surface area (Å²) in [7, 11) is 0. The fraction of sp³-hybridized carbons (Fsp3) is 0.167. The van der Waals surface area contributed by atoms with E-state index in [1.807, 2.05) is 0 Å². The molecule has 0 saturated carbocycles. The van der Waals surface area contributed by atoms with Crippen LogP contribution in [0.3, 0.4) is 0 Å². The van der Waals surface area contributed by atoms with Gasteiger partial charge in [0.15, 0.2) is 17.2 Å². The number of ether oxygens (including phenoxy) is 2. The van der Waals surface area contributed by atoms with Crippen molar-refractivity contribution in [1.82, 2.24) is 14.8 Å². The molecule has 1 amide bonds. The van der Waals surface area contributed by atoms with Crippen molar-refractivity contribution in [3.8, 4) is 22.8 Å². The van der Waals surface area contributed by atoms with Gasteiger partial charge in [-0.25, -0.2) is 4.39 Å². The molecule has 0 aliphatic carbocycles. The number of aromatic nitrogens is 3. The van der Waals surface area contributed by atoms with Crippen molar-refractivity contribution in [2.75, 3.05) is 0 Å². The molecule has 7 nitrogen and oxygen atoms in total. The molecular weight excluding hydrogens is 377 g/mol. The van der Waals surface area contributed by atoms with Crippen LogP contribution in [0, 0.1) is 12.7 Å². The van der Waals surface area contributed by atoms with E-state index in [9.17, 15) is 18.0 Å². The van der Waals surface area contributed by atoms with Crippen LogP contribution in [0.25, 0.3) is 11.3 Å². The smallest absolute Gasteiger partial charge is 0.395 e. The number of pyridine rings is 1. The first-order valence-electron chi connectivity index (χ1n) is 8.10. The maximum absolute atomic E-state index is 14.0. The monoisotopic (exact) mass is 390 g/mol. The summed E-state index contributed by atoms with van der Waals surface area (Å²) in [6.45, 7) is 1.64. The third-order valence-electron chi connectivity index (χ3n) is 4.23. The van der Waals surface area contributed by atoms with Crippen LogP contribution in [0.1, 0.15) is 21.6 Å². The summed E-state index contributed by atoms with van der Waals surface area (Å²) in [5, 5.41) is 4.12. The number of hydrogen-bond donors (Lipinski definition) is 1. The third-order valence-corrected chi connectivity index (χ3v) is 4.23. The highest BCUT2D eigenvalue weighted by Gasteiger charge is 2.43. The van der Waals surface area contributed by atoms with Gasteiger partial charge in [-0.3, -0.25) is 14.5 Å². The fourth-order valence-corrected chi connectivity index (χ4v) is 2.94. The van der Waals surface area contributed by atoms with Crippen LogP contribution >= 0.6 is 0 Å². The number of benzene rings is 1. The maximum Gasteiger partial charge on any atom is 0.586 e. The average Bonchev–Trinajstić information content (AvgIpc) is 3.15. The molecular formula is C18H13F3N4O3. The van der Waals surface area contributed by atoms with Crippen LogP contribution in [-0.4, -0.2) is 27.0 Å². The molecule has 28 heavy (non-hydrogen) atoms. The Morgan fingerprint density at radius 2 is 1.96 bits per heavy atom. The van der Waals surface area contributed by atoms with Crippen LogP contribution < -0.4 is 15.2 Å². The van der Waals surface area contributed by atoms with Crippen LogP contribution in [0.15, 0.2) is 36.7 Å². The molecule has 0 atom stereocenters. The molecule has 3 heterocycles. The van der Waals surface area contributed by atoms with Gasteiger partial charge in [0.1, 0.15) is 5.82 Å². The molecule has 0 radical (unpaired) electrons. The van der Waals surface area contributed by atoms with E-state index in [1.54, 1.807) is 6.92 Å². The number of amides is 1. The van der Waals surface area contributed by atoms with Gasteiger partial charge >= 0.3 is 6.29 Å². The highest BCUT2D eigenvalue weighted by Crippen LogP contribution is 2.44. The van der Waals surface area contributed by atoms with E-state index < -0.39 is 18.0 Å². The second-order valence-corrected chi connectivity index (χ2v) is 6.19. The number of nitrogens with zero attached hydrogens (tertiary/aromatic N) is 3. The number of fused-ring (bicyclic) bond motifs is 1. The lowest BCUT2D eigenvalue weighted by molar-refractivity contribution is -0.286. The summed E-state index contributed by atoms with van der Waals surface area (Å²) in [5.41, 5.74) is 6.94. The molecule has 4 rings (SSSR count). The minimum Gasteiger partial charge on any atom is -0.395 e. The molecule has 2 N–H and O–H groups in total. The summed E-state index contributed by atoms with van der Waals surface area (Å²) in [6.07, 6.45) is -1.28. The topological polar surface area (TPSA) is 92.3 Å². The molecule has 1 aliphatic rings. The van der Waals surface area contributed by atoms with Gasteiger partial charge in [-0.15, -0.1) is 8.78 Å². The molecule has 2 aromatic heterocycles. The summed E-state index contributed by atoms with van der Waals surface area (Å²) >= 11 is 0. The Balaban J connectivity index is 1.82. The Morgan fingerprint density at radius 3 is 2.64 bits per heavy atom. The third kappa shape index (κ3) is 3.13. The van der Waals surface area contributed by atoms with E-state index in [-0.39, 0.29) is 29.3 Å². The Bertz CT molecular complexity index is 1100. The first-order valence-corrected chi connectivity index (χ1v) is 8.10. The summed E-state index contributed by atoms with van der Waals surface area (Å²) < 4.78 is 51.0. The number of carbonyl (C=O) groups excluding carboxylic acids is 1. The zero-order valence-electron chi connectivity index (χ0n) is 14.4. The minimum atomic E-state index is -3.76. The van der Waals surface area contributed by atoms with Crippen molar-refractivity contribution in [3.05, 3.63) is 59.3 Å². The van der Waals surface area contributed by atoms with Gasteiger partial charge in [0, 0.05) is 17.3 Å². The first kappa shape index (κ1) is 17.8. The number of aryl methyl sites for hydroxylation is 1. The molecule has 0 spiro atoms. The van der Waals surface area contributed by atoms with Gasteiger partial charge in [0.25, 0.3) is 5.91 Å². The van der Waals surface area contributed by atoms with Crippen molar-refractivity contribution >= 4 is 5.91 Å². The second kappa shape index (κ2) is 6.25. The molecule has 1 aromatic carbocycles. The molecule has 10 heteroatoms. The van der Waals surface area contributed by atoms with Crippen LogP contribution in [0.5, 0.6) is 11.5 Å². The Labute approximate surface area is 156 Å².